The number of carbonyl (C=O) groups excluding carboxylic acids is 1. The fourth-order valence-electron chi connectivity index (χ4n) is 4.97. The van der Waals surface area contributed by atoms with Crippen LogP contribution in [0.2, 0.25) is 0 Å². The Labute approximate surface area is 243 Å². The van der Waals surface area contributed by atoms with Gasteiger partial charge in [0.2, 0.25) is 0 Å². The molecule has 1 aliphatic rings. The van der Waals surface area contributed by atoms with Gasteiger partial charge in [-0.15, -0.1) is 11.3 Å². The summed E-state index contributed by atoms with van der Waals surface area (Å²) in [7, 11) is 0. The van der Waals surface area contributed by atoms with Gasteiger partial charge in [-0.05, 0) is 72.1 Å². The highest BCUT2D eigenvalue weighted by Gasteiger charge is 2.33. The highest BCUT2D eigenvalue weighted by atomic mass is 79.9. The number of halogens is 1. The number of ether oxygens (including phenoxy) is 1. The molecule has 0 aliphatic heterocycles. The molecule has 0 fully saturated rings. The van der Waals surface area contributed by atoms with Gasteiger partial charge in [0.15, 0.2) is 0 Å². The fraction of sp³-hybridized carbons (Fsp3) is 0.273. The number of thiophene rings is 1. The van der Waals surface area contributed by atoms with Gasteiger partial charge in [0, 0.05) is 26.8 Å². The molecule has 4 aromatic rings. The number of rotatable bonds is 7. The molecule has 1 atom stereocenters. The quantitative estimate of drug-likeness (QED) is 0.215. The molecular formula is C33H33BrN2O2S. The van der Waals surface area contributed by atoms with Gasteiger partial charge in [0.25, 0.3) is 5.91 Å². The summed E-state index contributed by atoms with van der Waals surface area (Å²) in [6, 6.07) is 25.6. The molecule has 0 spiro atoms. The lowest BCUT2D eigenvalue weighted by molar-refractivity contribution is 0.102. The summed E-state index contributed by atoms with van der Waals surface area (Å²) in [4.78, 5) is 19.8. The van der Waals surface area contributed by atoms with Crippen molar-refractivity contribution in [2.45, 2.75) is 46.6 Å². The van der Waals surface area contributed by atoms with Gasteiger partial charge in [-0.1, -0.05) is 85.2 Å². The van der Waals surface area contributed by atoms with Gasteiger partial charge in [-0.3, -0.25) is 4.79 Å². The minimum absolute atomic E-state index is 0.102. The molecule has 1 amide bonds. The Hall–Kier alpha value is -3.22. The second kappa shape index (κ2) is 11.9. The standard InChI is InChI=1S/C33H33BrN2O2S/c1-33(2,3)24-14-16-27-29(19-24)39-32(30(27)31(37)36-26-12-8-5-9-13-26)35-20-23-18-25(34)15-17-28(23)38-21-22-10-6-4-7-11-22/h4-13,15,17-18,20,24H,14,16,19,21H2,1-3H3,(H,36,37)/t24-/m1/s1. The normalized spacial score (nSPS) is 15.2. The second-order valence-electron chi connectivity index (χ2n) is 11.0. The van der Waals surface area contributed by atoms with Crippen molar-refractivity contribution in [1.82, 2.24) is 0 Å². The van der Waals surface area contributed by atoms with Crippen LogP contribution in [-0.2, 0) is 19.4 Å². The number of amides is 1. The summed E-state index contributed by atoms with van der Waals surface area (Å²) in [5, 5.41) is 3.84. The van der Waals surface area contributed by atoms with Crippen molar-refractivity contribution in [3.05, 3.63) is 110 Å². The third-order valence-electron chi connectivity index (χ3n) is 7.26. The summed E-state index contributed by atoms with van der Waals surface area (Å²) >= 11 is 5.24. The van der Waals surface area contributed by atoms with Crippen molar-refractivity contribution in [1.29, 1.82) is 0 Å². The number of benzene rings is 3. The summed E-state index contributed by atoms with van der Waals surface area (Å²) in [6.45, 7) is 7.39. The van der Waals surface area contributed by atoms with E-state index in [2.05, 4.69) is 42.0 Å². The molecule has 0 radical (unpaired) electrons. The Morgan fingerprint density at radius 3 is 2.51 bits per heavy atom. The van der Waals surface area contributed by atoms with Crippen molar-refractivity contribution in [2.75, 3.05) is 5.32 Å². The minimum atomic E-state index is -0.102. The predicted molar refractivity (Wildman–Crippen MR) is 166 cm³/mol. The zero-order chi connectivity index (χ0) is 27.4. The van der Waals surface area contributed by atoms with E-state index in [4.69, 9.17) is 9.73 Å². The summed E-state index contributed by atoms with van der Waals surface area (Å²) in [6.07, 6.45) is 4.77. The topological polar surface area (TPSA) is 50.7 Å². The van der Waals surface area contributed by atoms with Crippen molar-refractivity contribution in [3.8, 4) is 5.75 Å². The molecule has 1 aliphatic carbocycles. The number of fused-ring (bicyclic) bond motifs is 1. The molecule has 3 aromatic carbocycles. The molecule has 1 heterocycles. The van der Waals surface area contributed by atoms with E-state index in [9.17, 15) is 4.79 Å². The maximum atomic E-state index is 13.6. The van der Waals surface area contributed by atoms with Gasteiger partial charge < -0.3 is 10.1 Å². The molecule has 5 rings (SSSR count). The van der Waals surface area contributed by atoms with Crippen LogP contribution in [0.15, 0.2) is 88.3 Å². The minimum Gasteiger partial charge on any atom is -0.488 e. The number of hydrogen-bond donors (Lipinski definition) is 1. The van der Waals surface area contributed by atoms with Crippen LogP contribution in [0.5, 0.6) is 5.75 Å². The highest BCUT2D eigenvalue weighted by molar-refractivity contribution is 9.10. The summed E-state index contributed by atoms with van der Waals surface area (Å²) in [5.41, 5.74) is 4.81. The number of para-hydroxylation sites is 1. The van der Waals surface area contributed by atoms with E-state index in [0.717, 1.165) is 56.9 Å². The first kappa shape index (κ1) is 27.4. The Balaban J connectivity index is 1.47. The van der Waals surface area contributed by atoms with Gasteiger partial charge >= 0.3 is 0 Å². The number of hydrogen-bond acceptors (Lipinski definition) is 4. The largest absolute Gasteiger partial charge is 0.488 e. The fourth-order valence-corrected chi connectivity index (χ4v) is 6.61. The van der Waals surface area contributed by atoms with Gasteiger partial charge in [0.1, 0.15) is 17.4 Å². The summed E-state index contributed by atoms with van der Waals surface area (Å²) < 4.78 is 7.11. The van der Waals surface area contributed by atoms with Crippen LogP contribution < -0.4 is 10.1 Å². The van der Waals surface area contributed by atoms with E-state index >= 15 is 0 Å². The Bertz CT molecular complexity index is 1470. The van der Waals surface area contributed by atoms with E-state index in [1.54, 1.807) is 11.3 Å². The number of nitrogens with one attached hydrogen (secondary N) is 1. The average Bonchev–Trinajstić information content (AvgIpc) is 3.30. The van der Waals surface area contributed by atoms with E-state index in [-0.39, 0.29) is 11.3 Å². The molecular weight excluding hydrogens is 568 g/mol. The molecule has 1 aromatic heterocycles. The second-order valence-corrected chi connectivity index (χ2v) is 13.0. The Morgan fingerprint density at radius 2 is 1.79 bits per heavy atom. The summed E-state index contributed by atoms with van der Waals surface area (Å²) in [5.74, 6) is 1.22. The highest BCUT2D eigenvalue weighted by Crippen LogP contribution is 2.45. The third-order valence-corrected chi connectivity index (χ3v) is 8.92. The van der Waals surface area contributed by atoms with Crippen LogP contribution in [0.1, 0.15) is 59.1 Å². The number of nitrogens with zero attached hydrogens (tertiary/aromatic N) is 1. The van der Waals surface area contributed by atoms with Crippen molar-refractivity contribution >= 4 is 50.1 Å². The van der Waals surface area contributed by atoms with E-state index in [1.807, 2.05) is 85.1 Å². The lowest BCUT2D eigenvalue weighted by Crippen LogP contribution is -2.27. The average molecular weight is 602 g/mol. The monoisotopic (exact) mass is 600 g/mol. The molecule has 6 heteroatoms. The van der Waals surface area contributed by atoms with E-state index < -0.39 is 0 Å². The van der Waals surface area contributed by atoms with Crippen LogP contribution in [0.25, 0.3) is 0 Å². The molecule has 0 unspecified atom stereocenters. The molecule has 200 valence electrons. The maximum Gasteiger partial charge on any atom is 0.259 e. The van der Waals surface area contributed by atoms with Crippen molar-refractivity contribution in [2.24, 2.45) is 16.3 Å². The van der Waals surface area contributed by atoms with E-state index in [0.29, 0.717) is 18.1 Å². The zero-order valence-electron chi connectivity index (χ0n) is 22.5. The van der Waals surface area contributed by atoms with Gasteiger partial charge in [0.05, 0.1) is 5.56 Å². The van der Waals surface area contributed by atoms with Crippen molar-refractivity contribution in [3.63, 3.8) is 0 Å². The Morgan fingerprint density at radius 1 is 1.08 bits per heavy atom. The first-order chi connectivity index (χ1) is 18.8. The van der Waals surface area contributed by atoms with Crippen LogP contribution in [0.3, 0.4) is 0 Å². The number of carbonyl (C=O) groups is 1. The third kappa shape index (κ3) is 6.68. The lowest BCUT2D eigenvalue weighted by atomic mass is 9.72. The molecule has 0 saturated carbocycles. The number of anilines is 1. The molecule has 39 heavy (non-hydrogen) atoms. The molecule has 4 nitrogen and oxygen atoms in total. The van der Waals surface area contributed by atoms with Gasteiger partial charge in [-0.2, -0.15) is 0 Å². The van der Waals surface area contributed by atoms with Crippen LogP contribution in [0.4, 0.5) is 10.7 Å². The van der Waals surface area contributed by atoms with Crippen LogP contribution >= 0.6 is 27.3 Å². The SMILES string of the molecule is CC(C)(C)[C@@H]1CCc2c(sc(N=Cc3cc(Br)ccc3OCc3ccccc3)c2C(=O)Nc2ccccc2)C1. The van der Waals surface area contributed by atoms with E-state index in [1.165, 1.54) is 4.88 Å². The van der Waals surface area contributed by atoms with Crippen LogP contribution in [0, 0.1) is 11.3 Å². The smallest absolute Gasteiger partial charge is 0.259 e. The zero-order valence-corrected chi connectivity index (χ0v) is 24.9. The molecule has 0 saturated heterocycles. The number of aliphatic imine (C=N–C) groups is 1. The predicted octanol–water partition coefficient (Wildman–Crippen LogP) is 9.24. The van der Waals surface area contributed by atoms with Crippen LogP contribution in [-0.4, -0.2) is 12.1 Å². The molecule has 1 N–H and O–H groups in total. The first-order valence-electron chi connectivity index (χ1n) is 13.3. The lowest BCUT2D eigenvalue weighted by Gasteiger charge is -2.33. The Kier molecular flexibility index (Phi) is 8.34. The maximum absolute atomic E-state index is 13.6. The van der Waals surface area contributed by atoms with Gasteiger partial charge in [-0.25, -0.2) is 4.99 Å². The molecule has 0 bridgehead atoms. The first-order valence-corrected chi connectivity index (χ1v) is 14.9. The van der Waals surface area contributed by atoms with Crippen molar-refractivity contribution < 1.29 is 9.53 Å².